The molecule has 0 unspecified atom stereocenters. The van der Waals surface area contributed by atoms with Crippen molar-refractivity contribution in [1.82, 2.24) is 4.98 Å². The van der Waals surface area contributed by atoms with Crippen LogP contribution in [0, 0.1) is 0 Å². The molecule has 2 aromatic heterocycles. The fourth-order valence-electron chi connectivity index (χ4n) is 2.39. The summed E-state index contributed by atoms with van der Waals surface area (Å²) in [6.45, 7) is 0. The monoisotopic (exact) mass is 294 g/mol. The van der Waals surface area contributed by atoms with Crippen LogP contribution in [0.15, 0.2) is 57.7 Å². The van der Waals surface area contributed by atoms with Crippen LogP contribution < -0.4 is 11.2 Å². The lowest BCUT2D eigenvalue weighted by Crippen LogP contribution is -2.00. The van der Waals surface area contributed by atoms with Crippen LogP contribution in [-0.2, 0) is 0 Å². The van der Waals surface area contributed by atoms with Gasteiger partial charge in [-0.05, 0) is 12.1 Å². The van der Waals surface area contributed by atoms with Crippen molar-refractivity contribution in [3.63, 3.8) is 0 Å². The van der Waals surface area contributed by atoms with E-state index in [2.05, 4.69) is 4.98 Å². The summed E-state index contributed by atoms with van der Waals surface area (Å²) in [6, 6.07) is 14.7. The Kier molecular flexibility index (Phi) is 2.55. The predicted molar refractivity (Wildman–Crippen MR) is 85.5 cm³/mol. The number of hydrogen-bond donors (Lipinski definition) is 1. The zero-order valence-corrected chi connectivity index (χ0v) is 11.7. The van der Waals surface area contributed by atoms with Gasteiger partial charge in [0.15, 0.2) is 10.6 Å². The smallest absolute Gasteiger partial charge is 0.194 e. The van der Waals surface area contributed by atoms with Crippen LogP contribution in [-0.4, -0.2) is 4.98 Å². The largest absolute Gasteiger partial charge is 0.456 e. The van der Waals surface area contributed by atoms with Crippen molar-refractivity contribution >= 4 is 37.7 Å². The average Bonchev–Trinajstić information content (AvgIpc) is 2.88. The first-order valence-electron chi connectivity index (χ1n) is 6.41. The first-order valence-corrected chi connectivity index (χ1v) is 7.22. The van der Waals surface area contributed by atoms with E-state index in [1.165, 1.54) is 17.4 Å². The van der Waals surface area contributed by atoms with Gasteiger partial charge in [0.25, 0.3) is 0 Å². The van der Waals surface area contributed by atoms with E-state index in [9.17, 15) is 4.79 Å². The molecule has 0 atom stereocenters. The quantitative estimate of drug-likeness (QED) is 0.581. The minimum atomic E-state index is -0.0793. The number of benzene rings is 2. The minimum Gasteiger partial charge on any atom is -0.456 e. The molecule has 0 aliphatic carbocycles. The number of nitrogen functional groups attached to an aromatic ring is 1. The summed E-state index contributed by atoms with van der Waals surface area (Å²) in [5, 5.41) is 0.991. The van der Waals surface area contributed by atoms with E-state index < -0.39 is 0 Å². The third kappa shape index (κ3) is 1.90. The summed E-state index contributed by atoms with van der Waals surface area (Å²) in [6.07, 6.45) is 0. The Morgan fingerprint density at radius 2 is 1.90 bits per heavy atom. The highest BCUT2D eigenvalue weighted by molar-refractivity contribution is 7.22. The molecule has 4 aromatic rings. The van der Waals surface area contributed by atoms with Gasteiger partial charge in [-0.25, -0.2) is 4.98 Å². The van der Waals surface area contributed by atoms with Gasteiger partial charge >= 0.3 is 0 Å². The molecule has 2 aromatic carbocycles. The van der Waals surface area contributed by atoms with E-state index in [0.717, 1.165) is 15.8 Å². The normalized spacial score (nSPS) is 11.2. The maximum Gasteiger partial charge on any atom is 0.194 e. The van der Waals surface area contributed by atoms with Crippen molar-refractivity contribution in [2.24, 2.45) is 0 Å². The van der Waals surface area contributed by atoms with E-state index >= 15 is 0 Å². The van der Waals surface area contributed by atoms with Crippen LogP contribution in [0.25, 0.3) is 32.5 Å². The molecule has 5 heteroatoms. The summed E-state index contributed by atoms with van der Waals surface area (Å²) in [4.78, 5) is 16.7. The van der Waals surface area contributed by atoms with Gasteiger partial charge in [-0.3, -0.25) is 4.79 Å². The molecule has 2 heterocycles. The zero-order valence-electron chi connectivity index (χ0n) is 10.9. The van der Waals surface area contributed by atoms with Crippen molar-refractivity contribution in [2.45, 2.75) is 0 Å². The van der Waals surface area contributed by atoms with Gasteiger partial charge in [0.2, 0.25) is 0 Å². The van der Waals surface area contributed by atoms with Crippen LogP contribution in [0.2, 0.25) is 0 Å². The van der Waals surface area contributed by atoms with Crippen LogP contribution in [0.5, 0.6) is 0 Å². The van der Waals surface area contributed by atoms with E-state index in [-0.39, 0.29) is 5.43 Å². The first kappa shape index (κ1) is 12.1. The number of nitrogens with zero attached hydrogens (tertiary/aromatic N) is 1. The number of anilines is 1. The highest BCUT2D eigenvalue weighted by atomic mass is 32.1. The molecule has 0 bridgehead atoms. The molecular formula is C16H10N2O2S. The topological polar surface area (TPSA) is 69.1 Å². The summed E-state index contributed by atoms with van der Waals surface area (Å²) >= 11 is 1.30. The molecule has 4 rings (SSSR count). The molecular weight excluding hydrogens is 284 g/mol. The molecule has 21 heavy (non-hydrogen) atoms. The Balaban J connectivity index is 2.08. The van der Waals surface area contributed by atoms with Gasteiger partial charge in [-0.2, -0.15) is 0 Å². The molecule has 0 radical (unpaired) electrons. The van der Waals surface area contributed by atoms with Gasteiger partial charge in [0.05, 0.1) is 15.6 Å². The third-order valence-electron chi connectivity index (χ3n) is 3.32. The number of hydrogen-bond acceptors (Lipinski definition) is 5. The van der Waals surface area contributed by atoms with Crippen molar-refractivity contribution in [2.75, 3.05) is 5.73 Å². The second-order valence-corrected chi connectivity index (χ2v) is 5.71. The van der Waals surface area contributed by atoms with E-state index in [0.29, 0.717) is 21.9 Å². The lowest BCUT2D eigenvalue weighted by atomic mass is 10.1. The predicted octanol–water partition coefficient (Wildman–Crippen LogP) is 3.65. The maximum atomic E-state index is 12.5. The van der Waals surface area contributed by atoms with Crippen LogP contribution in [0.3, 0.4) is 0 Å². The molecule has 0 saturated carbocycles. The molecule has 2 N–H and O–H groups in total. The fourth-order valence-corrected chi connectivity index (χ4v) is 3.27. The Morgan fingerprint density at radius 3 is 2.71 bits per heavy atom. The number of rotatable bonds is 1. The molecule has 0 aliphatic heterocycles. The Morgan fingerprint density at radius 1 is 1.10 bits per heavy atom. The number of aromatic nitrogens is 1. The average molecular weight is 294 g/mol. The molecule has 0 saturated heterocycles. The van der Waals surface area contributed by atoms with Gasteiger partial charge < -0.3 is 10.2 Å². The van der Waals surface area contributed by atoms with Crippen molar-refractivity contribution in [1.29, 1.82) is 0 Å². The number of thiazole rings is 1. The van der Waals surface area contributed by atoms with E-state index in [1.807, 2.05) is 36.4 Å². The fraction of sp³-hybridized carbons (Fsp3) is 0. The molecule has 102 valence electrons. The summed E-state index contributed by atoms with van der Waals surface area (Å²) in [7, 11) is 0. The van der Waals surface area contributed by atoms with Crippen LogP contribution in [0.1, 0.15) is 0 Å². The molecule has 4 nitrogen and oxygen atoms in total. The Labute approximate surface area is 123 Å². The summed E-state index contributed by atoms with van der Waals surface area (Å²) in [5.41, 5.74) is 7.80. The Bertz CT molecular complexity index is 1020. The molecule has 0 amide bonds. The summed E-state index contributed by atoms with van der Waals surface area (Å²) in [5.74, 6) is 0.560. The van der Waals surface area contributed by atoms with E-state index in [1.54, 1.807) is 6.07 Å². The van der Waals surface area contributed by atoms with Crippen molar-refractivity contribution in [3.05, 3.63) is 58.8 Å². The number of fused-ring (bicyclic) bond motifs is 3. The van der Waals surface area contributed by atoms with Gasteiger partial charge in [-0.1, -0.05) is 41.7 Å². The van der Waals surface area contributed by atoms with Crippen LogP contribution in [0.4, 0.5) is 5.13 Å². The Hall–Kier alpha value is -2.66. The molecule has 0 fully saturated rings. The SMILES string of the molecule is Nc1nc2ccc3oc(-c4ccccc4)cc(=O)c3c2s1. The van der Waals surface area contributed by atoms with Crippen molar-refractivity contribution < 1.29 is 4.42 Å². The van der Waals surface area contributed by atoms with Crippen LogP contribution >= 0.6 is 11.3 Å². The zero-order chi connectivity index (χ0) is 14.4. The first-order chi connectivity index (χ1) is 10.2. The molecule has 0 aliphatic rings. The number of nitrogens with two attached hydrogens (primary N) is 1. The lowest BCUT2D eigenvalue weighted by Gasteiger charge is -2.03. The summed E-state index contributed by atoms with van der Waals surface area (Å²) < 4.78 is 6.66. The van der Waals surface area contributed by atoms with Gasteiger partial charge in [0.1, 0.15) is 11.3 Å². The van der Waals surface area contributed by atoms with Crippen molar-refractivity contribution in [3.8, 4) is 11.3 Å². The van der Waals surface area contributed by atoms with Gasteiger partial charge in [0, 0.05) is 11.6 Å². The standard InChI is InChI=1S/C16H10N2O2S/c17-16-18-10-6-7-12-14(15(10)21-16)11(19)8-13(20-12)9-4-2-1-3-5-9/h1-8H,(H2,17,18). The third-order valence-corrected chi connectivity index (χ3v) is 4.24. The highest BCUT2D eigenvalue weighted by Gasteiger charge is 2.12. The second-order valence-electron chi connectivity index (χ2n) is 4.68. The minimum absolute atomic E-state index is 0.0793. The lowest BCUT2D eigenvalue weighted by molar-refractivity contribution is 0.619. The maximum absolute atomic E-state index is 12.5. The van der Waals surface area contributed by atoms with Gasteiger partial charge in [-0.15, -0.1) is 0 Å². The second kappa shape index (κ2) is 4.43. The van der Waals surface area contributed by atoms with E-state index in [4.69, 9.17) is 10.2 Å². The highest BCUT2D eigenvalue weighted by Crippen LogP contribution is 2.31. The molecule has 0 spiro atoms.